The number of aromatic hydroxyl groups is 1. The predicted octanol–water partition coefficient (Wildman–Crippen LogP) is 2.64. The number of benzene rings is 1. The number of para-hydroxylation sites is 1. The molecule has 6 nitrogen and oxygen atoms in total. The van der Waals surface area contributed by atoms with Crippen LogP contribution >= 0.6 is 0 Å². The number of ketones is 1. The van der Waals surface area contributed by atoms with Gasteiger partial charge in [-0.3, -0.25) is 4.79 Å². The van der Waals surface area contributed by atoms with Gasteiger partial charge in [0.15, 0.2) is 11.4 Å². The summed E-state index contributed by atoms with van der Waals surface area (Å²) in [5.74, 6) is -0.281. The summed E-state index contributed by atoms with van der Waals surface area (Å²) in [6, 6.07) is 8.50. The molecule has 4 rings (SSSR count). The summed E-state index contributed by atoms with van der Waals surface area (Å²) in [7, 11) is 0. The third-order valence-electron chi connectivity index (χ3n) is 4.39. The minimum atomic E-state index is -0.251. The van der Waals surface area contributed by atoms with E-state index in [2.05, 4.69) is 10.1 Å². The molecule has 1 fully saturated rings. The van der Waals surface area contributed by atoms with Crippen molar-refractivity contribution in [3.8, 4) is 5.75 Å². The lowest BCUT2D eigenvalue weighted by Gasteiger charge is -2.09. The fourth-order valence-corrected chi connectivity index (χ4v) is 3.08. The average Bonchev–Trinajstić information content (AvgIpc) is 3.23. The highest BCUT2D eigenvalue weighted by molar-refractivity contribution is 6.11. The molecule has 2 aromatic heterocycles. The topological polar surface area (TPSA) is 77.2 Å². The van der Waals surface area contributed by atoms with Crippen LogP contribution in [0, 0.1) is 6.92 Å². The zero-order valence-corrected chi connectivity index (χ0v) is 13.3. The first-order chi connectivity index (χ1) is 11.6. The monoisotopic (exact) mass is 323 g/mol. The summed E-state index contributed by atoms with van der Waals surface area (Å²) in [6.45, 7) is 3.27. The summed E-state index contributed by atoms with van der Waals surface area (Å²) in [6.07, 6.45) is 2.46. The molecule has 3 heterocycles. The molecular formula is C18H17N3O3. The Labute approximate surface area is 138 Å². The van der Waals surface area contributed by atoms with Crippen LogP contribution in [0.4, 0.5) is 0 Å². The number of phenols is 1. The van der Waals surface area contributed by atoms with Gasteiger partial charge in [-0.05, 0) is 31.5 Å². The molecule has 0 amide bonds. The number of carbonyl (C=O) groups excluding carboxylic acids is 1. The quantitative estimate of drug-likeness (QED) is 0.750. The van der Waals surface area contributed by atoms with Gasteiger partial charge in [-0.1, -0.05) is 12.1 Å². The van der Waals surface area contributed by atoms with Gasteiger partial charge in [0.2, 0.25) is 0 Å². The molecule has 3 aromatic rings. The van der Waals surface area contributed by atoms with Crippen LogP contribution in [0.15, 0.2) is 36.5 Å². The van der Waals surface area contributed by atoms with Crippen LogP contribution in [0.3, 0.4) is 0 Å². The number of hydrogen-bond acceptors (Lipinski definition) is 5. The lowest BCUT2D eigenvalue weighted by atomic mass is 10.0. The van der Waals surface area contributed by atoms with Gasteiger partial charge in [0.25, 0.3) is 0 Å². The van der Waals surface area contributed by atoms with Gasteiger partial charge in [0.05, 0.1) is 23.9 Å². The van der Waals surface area contributed by atoms with Crippen molar-refractivity contribution < 1.29 is 14.6 Å². The Hall–Kier alpha value is -2.73. The van der Waals surface area contributed by atoms with Crippen LogP contribution in [0.5, 0.6) is 5.75 Å². The van der Waals surface area contributed by atoms with Crippen LogP contribution in [-0.4, -0.2) is 38.9 Å². The van der Waals surface area contributed by atoms with E-state index in [1.807, 2.05) is 11.6 Å². The maximum absolute atomic E-state index is 12.6. The van der Waals surface area contributed by atoms with Crippen LogP contribution in [0.2, 0.25) is 0 Å². The lowest BCUT2D eigenvalue weighted by Crippen LogP contribution is -2.11. The number of phenolic OH excluding ortho intramolecular Hbond substituents is 1. The van der Waals surface area contributed by atoms with E-state index in [0.29, 0.717) is 12.2 Å². The molecule has 1 N–H and O–H groups in total. The van der Waals surface area contributed by atoms with Gasteiger partial charge >= 0.3 is 0 Å². The molecule has 0 spiro atoms. The van der Waals surface area contributed by atoms with Gasteiger partial charge in [-0.25, -0.2) is 9.67 Å². The molecule has 24 heavy (non-hydrogen) atoms. The molecule has 0 saturated carbocycles. The highest BCUT2D eigenvalue weighted by atomic mass is 16.5. The summed E-state index contributed by atoms with van der Waals surface area (Å²) in [4.78, 5) is 17.1. The molecule has 1 aliphatic heterocycles. The number of fused-ring (bicyclic) bond motifs is 1. The van der Waals surface area contributed by atoms with Crippen molar-refractivity contribution in [1.82, 2.24) is 14.8 Å². The van der Waals surface area contributed by atoms with Crippen molar-refractivity contribution >= 4 is 16.8 Å². The van der Waals surface area contributed by atoms with E-state index in [4.69, 9.17) is 4.74 Å². The van der Waals surface area contributed by atoms with E-state index in [-0.39, 0.29) is 23.1 Å². The lowest BCUT2D eigenvalue weighted by molar-refractivity contribution is 0.103. The van der Waals surface area contributed by atoms with Gasteiger partial charge in [0, 0.05) is 23.8 Å². The molecule has 122 valence electrons. The standard InChI is InChI=1S/C18H17N3O3/c1-11-15-8-12(17(23)14-4-2-3-5-16(14)22)9-19-18(15)21(20-11)13-6-7-24-10-13/h2-5,8-9,13,22H,6-7,10H2,1H3/t13-/m0/s1. The van der Waals surface area contributed by atoms with Gasteiger partial charge in [-0.15, -0.1) is 0 Å². The molecule has 6 heteroatoms. The second-order valence-electron chi connectivity index (χ2n) is 5.99. The highest BCUT2D eigenvalue weighted by Crippen LogP contribution is 2.27. The molecule has 1 aliphatic rings. The Morgan fingerprint density at radius 2 is 2.21 bits per heavy atom. The molecule has 0 bridgehead atoms. The highest BCUT2D eigenvalue weighted by Gasteiger charge is 2.23. The third kappa shape index (κ3) is 2.35. The molecule has 0 unspecified atom stereocenters. The smallest absolute Gasteiger partial charge is 0.198 e. The molecular weight excluding hydrogens is 306 g/mol. The second-order valence-corrected chi connectivity index (χ2v) is 5.99. The molecule has 0 radical (unpaired) electrons. The SMILES string of the molecule is Cc1nn([C@H]2CCOC2)c2ncc(C(=O)c3ccccc3O)cc12. The van der Waals surface area contributed by atoms with Crippen LogP contribution < -0.4 is 0 Å². The van der Waals surface area contributed by atoms with Crippen molar-refractivity contribution in [2.45, 2.75) is 19.4 Å². The van der Waals surface area contributed by atoms with Crippen LogP contribution in [0.25, 0.3) is 11.0 Å². The van der Waals surface area contributed by atoms with Crippen LogP contribution in [0.1, 0.15) is 34.1 Å². The fourth-order valence-electron chi connectivity index (χ4n) is 3.08. The number of hydrogen-bond donors (Lipinski definition) is 1. The van der Waals surface area contributed by atoms with Crippen molar-refractivity contribution in [2.24, 2.45) is 0 Å². The largest absolute Gasteiger partial charge is 0.507 e. The summed E-state index contributed by atoms with van der Waals surface area (Å²) < 4.78 is 7.33. The predicted molar refractivity (Wildman–Crippen MR) is 88.3 cm³/mol. The zero-order chi connectivity index (χ0) is 16.7. The Morgan fingerprint density at radius 3 is 2.96 bits per heavy atom. The van der Waals surface area contributed by atoms with E-state index in [0.717, 1.165) is 29.8 Å². The number of aryl methyl sites for hydroxylation is 1. The maximum atomic E-state index is 12.6. The number of aromatic nitrogens is 3. The Bertz CT molecular complexity index is 926. The summed E-state index contributed by atoms with van der Waals surface area (Å²) in [5.41, 5.74) is 2.30. The van der Waals surface area contributed by atoms with Gasteiger partial charge < -0.3 is 9.84 Å². The molecule has 0 aliphatic carbocycles. The number of pyridine rings is 1. The first-order valence-electron chi connectivity index (χ1n) is 7.90. The minimum absolute atomic E-state index is 0.0295. The van der Waals surface area contributed by atoms with E-state index < -0.39 is 0 Å². The first-order valence-corrected chi connectivity index (χ1v) is 7.90. The van der Waals surface area contributed by atoms with E-state index in [9.17, 15) is 9.90 Å². The molecule has 1 aromatic carbocycles. The van der Waals surface area contributed by atoms with E-state index >= 15 is 0 Å². The first kappa shape index (κ1) is 14.8. The van der Waals surface area contributed by atoms with Crippen molar-refractivity contribution in [3.05, 3.63) is 53.3 Å². The second kappa shape index (κ2) is 5.72. The summed E-state index contributed by atoms with van der Waals surface area (Å²) in [5, 5.41) is 15.3. The number of nitrogens with zero attached hydrogens (tertiary/aromatic N) is 3. The minimum Gasteiger partial charge on any atom is -0.507 e. The van der Waals surface area contributed by atoms with Crippen molar-refractivity contribution in [1.29, 1.82) is 0 Å². The van der Waals surface area contributed by atoms with Crippen molar-refractivity contribution in [3.63, 3.8) is 0 Å². The normalized spacial score (nSPS) is 17.5. The number of rotatable bonds is 3. The number of ether oxygens (including phenoxy) is 1. The van der Waals surface area contributed by atoms with Gasteiger partial charge in [0.1, 0.15) is 5.75 Å². The Kier molecular flexibility index (Phi) is 3.54. The maximum Gasteiger partial charge on any atom is 0.198 e. The fraction of sp³-hybridized carbons (Fsp3) is 0.278. The van der Waals surface area contributed by atoms with E-state index in [1.54, 1.807) is 30.5 Å². The molecule has 1 saturated heterocycles. The Morgan fingerprint density at radius 1 is 1.38 bits per heavy atom. The average molecular weight is 323 g/mol. The van der Waals surface area contributed by atoms with Crippen molar-refractivity contribution in [2.75, 3.05) is 13.2 Å². The molecule has 1 atom stereocenters. The van der Waals surface area contributed by atoms with Gasteiger partial charge in [-0.2, -0.15) is 5.10 Å². The third-order valence-corrected chi connectivity index (χ3v) is 4.39. The summed E-state index contributed by atoms with van der Waals surface area (Å²) >= 11 is 0. The number of carbonyl (C=O) groups is 1. The zero-order valence-electron chi connectivity index (χ0n) is 13.3. The Balaban J connectivity index is 1.78. The van der Waals surface area contributed by atoms with E-state index in [1.165, 1.54) is 6.07 Å². The van der Waals surface area contributed by atoms with Crippen LogP contribution in [-0.2, 0) is 4.74 Å².